The second-order valence-corrected chi connectivity index (χ2v) is 20.5. The van der Waals surface area contributed by atoms with Crippen molar-refractivity contribution in [1.82, 2.24) is 0 Å². The lowest BCUT2D eigenvalue weighted by molar-refractivity contribution is -0.220. The minimum absolute atomic E-state index is 0.0345. The van der Waals surface area contributed by atoms with Crippen molar-refractivity contribution in [2.75, 3.05) is 13.2 Å². The molecule has 410 valence electrons. The number of carbonyl (C=O) groups is 2. The molecule has 0 aromatic carbocycles. The third-order valence-corrected chi connectivity index (χ3v) is 13.5. The first-order valence-corrected chi connectivity index (χ1v) is 29.2. The van der Waals surface area contributed by atoms with Crippen LogP contribution in [0.2, 0.25) is 0 Å². The first-order chi connectivity index (χ1) is 34.4. The molecule has 1 rings (SSSR count). The van der Waals surface area contributed by atoms with Crippen LogP contribution in [0.15, 0.2) is 72.9 Å². The largest absolute Gasteiger partial charge is 0.472 e. The molecule has 0 aromatic heterocycles. The molecule has 1 saturated carbocycles. The van der Waals surface area contributed by atoms with Gasteiger partial charge in [-0.15, -0.1) is 0 Å². The van der Waals surface area contributed by atoms with Gasteiger partial charge in [-0.05, 0) is 70.6 Å². The average molecular weight is 1020 g/mol. The Hall–Kier alpha value is -2.71. The number of phosphoric acid groups is 1. The number of hydrogen-bond donors (Lipinski definition) is 6. The van der Waals surface area contributed by atoms with E-state index in [1.54, 1.807) is 0 Å². The topological polar surface area (TPSA) is 210 Å². The number of carbonyl (C=O) groups excluding carboxylic acids is 2. The van der Waals surface area contributed by atoms with Gasteiger partial charge in [-0.1, -0.05) is 209 Å². The molecule has 0 aromatic rings. The van der Waals surface area contributed by atoms with E-state index in [1.807, 2.05) is 18.2 Å². The second-order valence-electron chi connectivity index (χ2n) is 19.1. The minimum Gasteiger partial charge on any atom is -0.462 e. The number of unbranched alkanes of at least 4 members (excludes halogenated alkanes) is 22. The molecule has 14 heteroatoms. The van der Waals surface area contributed by atoms with Crippen molar-refractivity contribution >= 4 is 19.8 Å². The van der Waals surface area contributed by atoms with E-state index in [4.69, 9.17) is 18.5 Å². The zero-order valence-corrected chi connectivity index (χ0v) is 44.9. The molecule has 13 nitrogen and oxygen atoms in total. The SMILES string of the molecule is CCCCC/C=C/C/C=C/C/C=C/C/C=C/C/C=C/CCC(=O)O[C@@H](COC(=O)CCC/C=C/CCCCCCCCCCCCCCCCCCCC)COP(=O)(O)OC1C(O)C(O)C(O)[C@H](O)C1O. The molecule has 0 heterocycles. The van der Waals surface area contributed by atoms with Crippen LogP contribution in [0.25, 0.3) is 0 Å². The molecule has 71 heavy (non-hydrogen) atoms. The maximum Gasteiger partial charge on any atom is 0.472 e. The fourth-order valence-electron chi connectivity index (χ4n) is 8.10. The van der Waals surface area contributed by atoms with E-state index < -0.39 is 75.7 Å². The van der Waals surface area contributed by atoms with Crippen molar-refractivity contribution in [3.63, 3.8) is 0 Å². The molecule has 1 aliphatic rings. The Labute approximate surface area is 429 Å². The van der Waals surface area contributed by atoms with Crippen molar-refractivity contribution in [2.24, 2.45) is 0 Å². The number of aliphatic hydroxyl groups is 5. The van der Waals surface area contributed by atoms with E-state index in [9.17, 15) is 44.6 Å². The standard InChI is InChI=1S/C57H99O13P/c1-3-5-7-9-11-13-15-17-19-21-23-24-25-26-28-29-31-33-35-37-39-41-43-45-50(58)67-47-49(48-68-71(65,66)70-57-55(63)53(61)52(60)54(62)56(57)64)69-51(59)46-44-42-40-38-36-34-32-30-27-22-20-18-16-14-12-10-8-6-4-2/h12,14,18,20,27,30,34,36-37,39-40,42,49,52-57,60-64H,3-11,13,15-17,19,21-26,28-29,31-33,35,38,41,43-48H2,1-2H3,(H,65,66)/b14-12+,20-18+,30-27+,36-34+,39-37+,42-40+/t49-,52?,53-,54?,55?,56?,57?/m0/s1. The molecule has 6 unspecified atom stereocenters. The number of aliphatic hydroxyl groups excluding tert-OH is 5. The first-order valence-electron chi connectivity index (χ1n) is 27.7. The Kier molecular flexibility index (Phi) is 42.8. The first kappa shape index (κ1) is 66.3. The second kappa shape index (κ2) is 45.9. The van der Waals surface area contributed by atoms with Crippen LogP contribution in [0.4, 0.5) is 0 Å². The van der Waals surface area contributed by atoms with Crippen LogP contribution in [0, 0.1) is 0 Å². The van der Waals surface area contributed by atoms with Gasteiger partial charge in [0.05, 0.1) is 6.61 Å². The Morgan fingerprint density at radius 1 is 0.437 bits per heavy atom. The summed E-state index contributed by atoms with van der Waals surface area (Å²) < 4.78 is 33.6. The normalized spacial score (nSPS) is 21.2. The Morgan fingerprint density at radius 3 is 1.25 bits per heavy atom. The minimum atomic E-state index is -5.15. The summed E-state index contributed by atoms with van der Waals surface area (Å²) in [6, 6.07) is 0. The average Bonchev–Trinajstić information content (AvgIpc) is 3.35. The Morgan fingerprint density at radius 2 is 0.789 bits per heavy atom. The van der Waals surface area contributed by atoms with Gasteiger partial charge in [-0.25, -0.2) is 4.57 Å². The maximum absolute atomic E-state index is 12.9. The summed E-state index contributed by atoms with van der Waals surface area (Å²) in [6.07, 6.45) is 46.9. The number of phosphoric ester groups is 1. The van der Waals surface area contributed by atoms with E-state index >= 15 is 0 Å². The van der Waals surface area contributed by atoms with E-state index in [-0.39, 0.29) is 12.8 Å². The molecule has 0 saturated heterocycles. The molecule has 0 spiro atoms. The number of rotatable bonds is 46. The monoisotopic (exact) mass is 1020 g/mol. The molecule has 0 bridgehead atoms. The Bertz CT molecular complexity index is 1510. The molecule has 0 radical (unpaired) electrons. The summed E-state index contributed by atoms with van der Waals surface area (Å²) in [5.74, 6) is -1.23. The third-order valence-electron chi connectivity index (χ3n) is 12.5. The lowest BCUT2D eigenvalue weighted by Crippen LogP contribution is -2.64. The number of allylic oxidation sites excluding steroid dienone is 12. The Balaban J connectivity index is 2.41. The van der Waals surface area contributed by atoms with Gasteiger partial charge in [0, 0.05) is 12.8 Å². The van der Waals surface area contributed by atoms with Crippen molar-refractivity contribution < 1.29 is 63.1 Å². The van der Waals surface area contributed by atoms with E-state index in [2.05, 4.69) is 68.5 Å². The van der Waals surface area contributed by atoms with Gasteiger partial charge in [0.15, 0.2) is 6.10 Å². The highest BCUT2D eigenvalue weighted by Crippen LogP contribution is 2.47. The van der Waals surface area contributed by atoms with Crippen LogP contribution in [-0.2, 0) is 32.7 Å². The van der Waals surface area contributed by atoms with Gasteiger partial charge in [0.2, 0.25) is 0 Å². The predicted octanol–water partition coefficient (Wildman–Crippen LogP) is 12.6. The zero-order chi connectivity index (χ0) is 52.1. The summed E-state index contributed by atoms with van der Waals surface area (Å²) >= 11 is 0. The molecule has 6 N–H and O–H groups in total. The van der Waals surface area contributed by atoms with Gasteiger partial charge >= 0.3 is 19.8 Å². The third kappa shape index (κ3) is 37.6. The fourth-order valence-corrected chi connectivity index (χ4v) is 9.07. The lowest BCUT2D eigenvalue weighted by Gasteiger charge is -2.41. The zero-order valence-electron chi connectivity index (χ0n) is 44.0. The number of hydrogen-bond acceptors (Lipinski definition) is 12. The molecule has 8 atom stereocenters. The van der Waals surface area contributed by atoms with Crippen molar-refractivity contribution in [1.29, 1.82) is 0 Å². The molecule has 1 fully saturated rings. The predicted molar refractivity (Wildman–Crippen MR) is 285 cm³/mol. The molecule has 0 aliphatic heterocycles. The van der Waals surface area contributed by atoms with Crippen LogP contribution < -0.4 is 0 Å². The van der Waals surface area contributed by atoms with Crippen LogP contribution in [0.1, 0.15) is 219 Å². The van der Waals surface area contributed by atoms with Gasteiger partial charge < -0.3 is 39.9 Å². The van der Waals surface area contributed by atoms with E-state index in [0.29, 0.717) is 25.7 Å². The summed E-state index contributed by atoms with van der Waals surface area (Å²) in [5, 5.41) is 50.3. The fraction of sp³-hybridized carbons (Fsp3) is 0.754. The summed E-state index contributed by atoms with van der Waals surface area (Å²) in [4.78, 5) is 35.8. The molecule has 0 amide bonds. The van der Waals surface area contributed by atoms with E-state index in [0.717, 1.165) is 38.5 Å². The van der Waals surface area contributed by atoms with Gasteiger partial charge in [0.1, 0.15) is 43.2 Å². The highest BCUT2D eigenvalue weighted by atomic mass is 31.2. The summed E-state index contributed by atoms with van der Waals surface area (Å²) in [6.45, 7) is 3.22. The highest BCUT2D eigenvalue weighted by Gasteiger charge is 2.51. The van der Waals surface area contributed by atoms with E-state index in [1.165, 1.54) is 128 Å². The quantitative estimate of drug-likeness (QED) is 0.0145. The van der Waals surface area contributed by atoms with Crippen molar-refractivity contribution in [2.45, 2.75) is 262 Å². The van der Waals surface area contributed by atoms with Gasteiger partial charge in [-0.2, -0.15) is 0 Å². The lowest BCUT2D eigenvalue weighted by atomic mass is 9.85. The van der Waals surface area contributed by atoms with Crippen molar-refractivity contribution in [3.8, 4) is 0 Å². The highest BCUT2D eigenvalue weighted by molar-refractivity contribution is 7.47. The number of ether oxygens (including phenoxy) is 2. The van der Waals surface area contributed by atoms with Gasteiger partial charge in [-0.3, -0.25) is 18.6 Å². The number of esters is 2. The van der Waals surface area contributed by atoms with Crippen LogP contribution >= 0.6 is 7.82 Å². The molecular formula is C57H99O13P. The van der Waals surface area contributed by atoms with Crippen LogP contribution in [-0.4, -0.2) is 98.3 Å². The summed E-state index contributed by atoms with van der Waals surface area (Å²) in [7, 11) is -5.15. The molecule has 1 aliphatic carbocycles. The van der Waals surface area contributed by atoms with Gasteiger partial charge in [0.25, 0.3) is 0 Å². The maximum atomic E-state index is 12.9. The van der Waals surface area contributed by atoms with Crippen LogP contribution in [0.5, 0.6) is 0 Å². The van der Waals surface area contributed by atoms with Crippen molar-refractivity contribution in [3.05, 3.63) is 72.9 Å². The molecular weight excluding hydrogens is 924 g/mol. The smallest absolute Gasteiger partial charge is 0.462 e. The summed E-state index contributed by atoms with van der Waals surface area (Å²) in [5.41, 5.74) is 0. The van der Waals surface area contributed by atoms with Crippen LogP contribution in [0.3, 0.4) is 0 Å².